The smallest absolute Gasteiger partial charge is 0.248 e. The number of fused-ring (bicyclic) bond motifs is 3. The number of benzene rings is 1. The fraction of sp³-hybridized carbons (Fsp3) is 0.500. The molecule has 22 heavy (non-hydrogen) atoms. The quantitative estimate of drug-likeness (QED) is 0.895. The lowest BCUT2D eigenvalue weighted by molar-refractivity contribution is 0.100. The normalized spacial score (nSPS) is 18.7. The number of primary amides is 1. The van der Waals surface area contributed by atoms with E-state index in [-0.39, 0.29) is 11.4 Å². The maximum Gasteiger partial charge on any atom is 0.248 e. The minimum Gasteiger partial charge on any atom is -0.366 e. The van der Waals surface area contributed by atoms with Crippen molar-refractivity contribution in [3.05, 3.63) is 35.0 Å². The Morgan fingerprint density at radius 3 is 2.73 bits per heavy atom. The molecule has 1 aromatic heterocycles. The second-order valence-corrected chi connectivity index (χ2v) is 7.39. The highest BCUT2D eigenvalue weighted by Crippen LogP contribution is 2.33. The van der Waals surface area contributed by atoms with Gasteiger partial charge in [-0.3, -0.25) is 9.69 Å². The molecule has 118 valence electrons. The van der Waals surface area contributed by atoms with Crippen LogP contribution in [0.15, 0.2) is 18.2 Å². The molecule has 1 aliphatic carbocycles. The van der Waals surface area contributed by atoms with Crippen LogP contribution in [0.5, 0.6) is 0 Å². The molecule has 4 nitrogen and oxygen atoms in total. The van der Waals surface area contributed by atoms with Crippen LogP contribution >= 0.6 is 0 Å². The van der Waals surface area contributed by atoms with Gasteiger partial charge in [0.15, 0.2) is 0 Å². The topological polar surface area (TPSA) is 62.1 Å². The second kappa shape index (κ2) is 5.13. The molecule has 0 spiro atoms. The Labute approximate surface area is 131 Å². The van der Waals surface area contributed by atoms with E-state index in [1.54, 1.807) is 6.07 Å². The van der Waals surface area contributed by atoms with Crippen LogP contribution in [0.25, 0.3) is 10.9 Å². The van der Waals surface area contributed by atoms with Crippen LogP contribution in [-0.4, -0.2) is 34.4 Å². The van der Waals surface area contributed by atoms with Gasteiger partial charge in [-0.1, -0.05) is 0 Å². The first kappa shape index (κ1) is 15.1. The number of nitrogens with zero attached hydrogens (tertiary/aromatic N) is 1. The molecule has 1 aromatic carbocycles. The van der Waals surface area contributed by atoms with Gasteiger partial charge in [-0.2, -0.15) is 0 Å². The number of aryl methyl sites for hydroxylation is 1. The zero-order valence-electron chi connectivity index (χ0n) is 13.9. The SMILES string of the molecule is CN(C1CCc2[nH]c3ccc(C(N)=O)cc3c2C1)C(C)(C)C. The standard InChI is InChI=1S/C18H25N3O/c1-18(2,3)21(4)12-6-8-16-14(10-12)13-9-11(17(19)22)5-7-15(13)20-16/h5,7,9,12,20H,6,8,10H2,1-4H3,(H2,19,22). The van der Waals surface area contributed by atoms with Crippen molar-refractivity contribution in [1.82, 2.24) is 9.88 Å². The van der Waals surface area contributed by atoms with Crippen molar-refractivity contribution in [1.29, 1.82) is 0 Å². The Kier molecular flexibility index (Phi) is 3.52. The Morgan fingerprint density at radius 1 is 1.36 bits per heavy atom. The number of hydrogen-bond acceptors (Lipinski definition) is 2. The molecular formula is C18H25N3O. The summed E-state index contributed by atoms with van der Waals surface area (Å²) in [6, 6.07) is 6.23. The average Bonchev–Trinajstić information content (AvgIpc) is 2.82. The fourth-order valence-electron chi connectivity index (χ4n) is 3.43. The van der Waals surface area contributed by atoms with E-state index in [2.05, 4.69) is 37.7 Å². The van der Waals surface area contributed by atoms with Crippen LogP contribution < -0.4 is 5.73 Å². The Bertz CT molecular complexity index is 724. The Balaban J connectivity index is 2.00. The molecule has 1 heterocycles. The van der Waals surface area contributed by atoms with Gasteiger partial charge < -0.3 is 10.7 Å². The maximum atomic E-state index is 11.4. The molecule has 3 rings (SSSR count). The number of aromatic amines is 1. The summed E-state index contributed by atoms with van der Waals surface area (Å²) in [5.41, 5.74) is 9.94. The van der Waals surface area contributed by atoms with E-state index in [9.17, 15) is 4.79 Å². The van der Waals surface area contributed by atoms with E-state index in [1.807, 2.05) is 12.1 Å². The number of carbonyl (C=O) groups excluding carboxylic acids is 1. The predicted octanol–water partition coefficient (Wildman–Crippen LogP) is 2.85. The van der Waals surface area contributed by atoms with Gasteiger partial charge in [-0.25, -0.2) is 0 Å². The monoisotopic (exact) mass is 299 g/mol. The van der Waals surface area contributed by atoms with E-state index in [0.717, 1.165) is 30.2 Å². The third-order valence-electron chi connectivity index (χ3n) is 5.05. The Morgan fingerprint density at radius 2 is 2.09 bits per heavy atom. The number of nitrogens with one attached hydrogen (secondary N) is 1. The molecule has 0 radical (unpaired) electrons. The molecule has 2 aromatic rings. The van der Waals surface area contributed by atoms with E-state index >= 15 is 0 Å². The number of likely N-dealkylation sites (N-methyl/N-ethyl adjacent to an activating group) is 1. The van der Waals surface area contributed by atoms with Gasteiger partial charge in [0.1, 0.15) is 0 Å². The number of H-pyrrole nitrogens is 1. The predicted molar refractivity (Wildman–Crippen MR) is 90.1 cm³/mol. The van der Waals surface area contributed by atoms with Crippen LogP contribution in [0.1, 0.15) is 48.8 Å². The highest BCUT2D eigenvalue weighted by Gasteiger charge is 2.30. The van der Waals surface area contributed by atoms with Gasteiger partial charge >= 0.3 is 0 Å². The zero-order chi connectivity index (χ0) is 16.1. The largest absolute Gasteiger partial charge is 0.366 e. The summed E-state index contributed by atoms with van der Waals surface area (Å²) in [6.45, 7) is 6.76. The van der Waals surface area contributed by atoms with E-state index < -0.39 is 0 Å². The maximum absolute atomic E-state index is 11.4. The van der Waals surface area contributed by atoms with Crippen molar-refractivity contribution in [2.24, 2.45) is 5.73 Å². The van der Waals surface area contributed by atoms with Crippen molar-refractivity contribution < 1.29 is 4.79 Å². The summed E-state index contributed by atoms with van der Waals surface area (Å²) in [4.78, 5) is 17.4. The van der Waals surface area contributed by atoms with Crippen LogP contribution in [0, 0.1) is 0 Å². The number of hydrogen-bond donors (Lipinski definition) is 2. The van der Waals surface area contributed by atoms with E-state index in [4.69, 9.17) is 5.73 Å². The number of nitrogens with two attached hydrogens (primary N) is 1. The summed E-state index contributed by atoms with van der Waals surface area (Å²) in [6.07, 6.45) is 3.24. The minimum absolute atomic E-state index is 0.159. The second-order valence-electron chi connectivity index (χ2n) is 7.39. The minimum atomic E-state index is -0.365. The van der Waals surface area contributed by atoms with Crippen molar-refractivity contribution in [3.63, 3.8) is 0 Å². The molecule has 1 aliphatic rings. The highest BCUT2D eigenvalue weighted by atomic mass is 16.1. The molecule has 0 saturated carbocycles. The van der Waals surface area contributed by atoms with E-state index in [0.29, 0.717) is 11.6 Å². The van der Waals surface area contributed by atoms with Crippen LogP contribution in [0.2, 0.25) is 0 Å². The van der Waals surface area contributed by atoms with E-state index in [1.165, 1.54) is 11.3 Å². The van der Waals surface area contributed by atoms with Crippen molar-refractivity contribution in [3.8, 4) is 0 Å². The van der Waals surface area contributed by atoms with Gasteiger partial charge in [-0.15, -0.1) is 0 Å². The Hall–Kier alpha value is -1.81. The molecule has 1 amide bonds. The van der Waals surface area contributed by atoms with Crippen molar-refractivity contribution >= 4 is 16.8 Å². The highest BCUT2D eigenvalue weighted by molar-refractivity contribution is 5.98. The average molecular weight is 299 g/mol. The number of carbonyl (C=O) groups is 1. The van der Waals surface area contributed by atoms with Gasteiger partial charge in [0.25, 0.3) is 0 Å². The molecule has 0 aliphatic heterocycles. The van der Waals surface area contributed by atoms with Crippen LogP contribution in [-0.2, 0) is 12.8 Å². The summed E-state index contributed by atoms with van der Waals surface area (Å²) < 4.78 is 0. The van der Waals surface area contributed by atoms with Crippen LogP contribution in [0.4, 0.5) is 0 Å². The van der Waals surface area contributed by atoms with Crippen molar-refractivity contribution in [2.75, 3.05) is 7.05 Å². The lowest BCUT2D eigenvalue weighted by Crippen LogP contribution is -2.47. The van der Waals surface area contributed by atoms with Crippen molar-refractivity contribution in [2.45, 2.75) is 51.6 Å². The molecule has 0 saturated heterocycles. The molecule has 3 N–H and O–H groups in total. The fourth-order valence-corrected chi connectivity index (χ4v) is 3.43. The number of rotatable bonds is 2. The van der Waals surface area contributed by atoms with Crippen LogP contribution in [0.3, 0.4) is 0 Å². The first-order valence-electron chi connectivity index (χ1n) is 7.93. The number of amides is 1. The van der Waals surface area contributed by atoms with Gasteiger partial charge in [0.2, 0.25) is 5.91 Å². The number of aromatic nitrogens is 1. The summed E-state index contributed by atoms with van der Waals surface area (Å²) in [5.74, 6) is -0.365. The summed E-state index contributed by atoms with van der Waals surface area (Å²) in [5, 5.41) is 1.15. The molecule has 0 fully saturated rings. The lowest BCUT2D eigenvalue weighted by Gasteiger charge is -2.40. The van der Waals surface area contributed by atoms with Gasteiger partial charge in [0.05, 0.1) is 0 Å². The zero-order valence-corrected chi connectivity index (χ0v) is 13.9. The lowest BCUT2D eigenvalue weighted by atomic mass is 9.88. The third kappa shape index (κ3) is 2.52. The van der Waals surface area contributed by atoms with Gasteiger partial charge in [-0.05, 0) is 70.8 Å². The molecule has 4 heteroatoms. The molecule has 0 bridgehead atoms. The molecule has 1 atom stereocenters. The third-order valence-corrected chi connectivity index (χ3v) is 5.05. The molecule has 1 unspecified atom stereocenters. The van der Waals surface area contributed by atoms with Gasteiger partial charge in [0, 0.05) is 33.7 Å². The summed E-state index contributed by atoms with van der Waals surface area (Å²) >= 11 is 0. The first-order valence-corrected chi connectivity index (χ1v) is 7.93. The first-order chi connectivity index (χ1) is 10.3. The summed E-state index contributed by atoms with van der Waals surface area (Å²) in [7, 11) is 2.21. The molecular weight excluding hydrogens is 274 g/mol.